The number of carbonyl (C=O) groups is 1. The van der Waals surface area contributed by atoms with E-state index >= 15 is 0 Å². The van der Waals surface area contributed by atoms with Crippen molar-refractivity contribution in [2.24, 2.45) is 0 Å². The van der Waals surface area contributed by atoms with Gasteiger partial charge in [-0.25, -0.2) is 9.97 Å². The summed E-state index contributed by atoms with van der Waals surface area (Å²) in [7, 11) is 0. The fourth-order valence-corrected chi connectivity index (χ4v) is 2.70. The lowest BCUT2D eigenvalue weighted by atomic mass is 10.1. The Morgan fingerprint density at radius 3 is 2.74 bits per heavy atom. The summed E-state index contributed by atoms with van der Waals surface area (Å²) < 4.78 is 18.7. The van der Waals surface area contributed by atoms with Gasteiger partial charge in [0.1, 0.15) is 12.4 Å². The van der Waals surface area contributed by atoms with Gasteiger partial charge in [-0.2, -0.15) is 9.37 Å². The van der Waals surface area contributed by atoms with Gasteiger partial charge in [0.25, 0.3) is 5.91 Å². The van der Waals surface area contributed by atoms with Gasteiger partial charge in [0.15, 0.2) is 0 Å². The van der Waals surface area contributed by atoms with Gasteiger partial charge in [-0.15, -0.1) is 0 Å². The Hall–Kier alpha value is -2.57. The van der Waals surface area contributed by atoms with Crippen LogP contribution in [0.15, 0.2) is 24.5 Å². The SMILES string of the molecule is Cc1ncnc(C)c1C(=O)N1CCC(Oc2cccc(F)n2)C1. The third kappa shape index (κ3) is 3.28. The molecule has 1 fully saturated rings. The van der Waals surface area contributed by atoms with E-state index in [0.717, 1.165) is 0 Å². The Bertz CT molecular complexity index is 718. The zero-order valence-electron chi connectivity index (χ0n) is 13.0. The highest BCUT2D eigenvalue weighted by Crippen LogP contribution is 2.20. The van der Waals surface area contributed by atoms with Crippen LogP contribution in [0.5, 0.6) is 5.88 Å². The molecule has 23 heavy (non-hydrogen) atoms. The quantitative estimate of drug-likeness (QED) is 0.809. The van der Waals surface area contributed by atoms with Crippen LogP contribution >= 0.6 is 0 Å². The molecule has 0 N–H and O–H groups in total. The highest BCUT2D eigenvalue weighted by molar-refractivity contribution is 5.96. The van der Waals surface area contributed by atoms with Crippen LogP contribution in [-0.4, -0.2) is 45.0 Å². The topological polar surface area (TPSA) is 68.2 Å². The molecule has 0 aliphatic carbocycles. The van der Waals surface area contributed by atoms with Crippen LogP contribution in [0.25, 0.3) is 0 Å². The first-order valence-corrected chi connectivity index (χ1v) is 7.41. The van der Waals surface area contributed by atoms with E-state index in [1.807, 2.05) is 0 Å². The van der Waals surface area contributed by atoms with E-state index < -0.39 is 5.95 Å². The molecule has 0 saturated carbocycles. The minimum atomic E-state index is -0.582. The molecule has 0 spiro atoms. The van der Waals surface area contributed by atoms with Crippen LogP contribution in [0.4, 0.5) is 4.39 Å². The number of likely N-dealkylation sites (tertiary alicyclic amines) is 1. The molecule has 120 valence electrons. The second-order valence-electron chi connectivity index (χ2n) is 5.50. The van der Waals surface area contributed by atoms with Crippen molar-refractivity contribution in [3.8, 4) is 5.88 Å². The van der Waals surface area contributed by atoms with E-state index in [1.165, 1.54) is 12.4 Å². The fourth-order valence-electron chi connectivity index (χ4n) is 2.70. The molecule has 1 aliphatic heterocycles. The summed E-state index contributed by atoms with van der Waals surface area (Å²) in [5, 5.41) is 0. The van der Waals surface area contributed by atoms with Gasteiger partial charge in [0.2, 0.25) is 11.8 Å². The molecule has 0 aromatic carbocycles. The maximum atomic E-state index is 13.1. The van der Waals surface area contributed by atoms with E-state index in [-0.39, 0.29) is 17.9 Å². The van der Waals surface area contributed by atoms with Crippen LogP contribution in [0, 0.1) is 19.8 Å². The van der Waals surface area contributed by atoms with Crippen molar-refractivity contribution in [3.63, 3.8) is 0 Å². The van der Waals surface area contributed by atoms with E-state index in [2.05, 4.69) is 15.0 Å². The van der Waals surface area contributed by atoms with Crippen LogP contribution in [-0.2, 0) is 0 Å². The number of hydrogen-bond donors (Lipinski definition) is 0. The number of aromatic nitrogens is 3. The molecule has 1 unspecified atom stereocenters. The first-order chi connectivity index (χ1) is 11.0. The fraction of sp³-hybridized carbons (Fsp3) is 0.375. The van der Waals surface area contributed by atoms with Gasteiger partial charge in [-0.05, 0) is 19.9 Å². The molecule has 1 saturated heterocycles. The molecule has 1 atom stereocenters. The molecule has 1 aliphatic rings. The molecule has 3 rings (SSSR count). The Morgan fingerprint density at radius 1 is 1.30 bits per heavy atom. The monoisotopic (exact) mass is 316 g/mol. The molecular weight excluding hydrogens is 299 g/mol. The van der Waals surface area contributed by atoms with Gasteiger partial charge >= 0.3 is 0 Å². The van der Waals surface area contributed by atoms with Crippen molar-refractivity contribution >= 4 is 5.91 Å². The second-order valence-corrected chi connectivity index (χ2v) is 5.50. The van der Waals surface area contributed by atoms with Gasteiger partial charge in [0, 0.05) is 19.0 Å². The number of aryl methyl sites for hydroxylation is 2. The van der Waals surface area contributed by atoms with E-state index in [1.54, 1.807) is 30.9 Å². The normalized spacial score (nSPS) is 17.3. The maximum absolute atomic E-state index is 13.1. The molecule has 3 heterocycles. The van der Waals surface area contributed by atoms with Gasteiger partial charge in [-0.3, -0.25) is 4.79 Å². The second kappa shape index (κ2) is 6.28. The maximum Gasteiger partial charge on any atom is 0.257 e. The van der Waals surface area contributed by atoms with Gasteiger partial charge in [0.05, 0.1) is 23.5 Å². The third-order valence-electron chi connectivity index (χ3n) is 3.85. The predicted molar refractivity (Wildman–Crippen MR) is 80.6 cm³/mol. The summed E-state index contributed by atoms with van der Waals surface area (Å²) in [6.07, 6.45) is 1.93. The first kappa shape index (κ1) is 15.3. The standard InChI is InChI=1S/C16H17FN4O2/c1-10-15(11(2)19-9-18-10)16(22)21-7-6-12(8-21)23-14-5-3-4-13(17)20-14/h3-5,9,12H,6-8H2,1-2H3. The van der Waals surface area contributed by atoms with Crippen molar-refractivity contribution in [1.29, 1.82) is 0 Å². The molecule has 6 nitrogen and oxygen atoms in total. The minimum absolute atomic E-state index is 0.0982. The summed E-state index contributed by atoms with van der Waals surface area (Å²) in [5.74, 6) is -0.445. The van der Waals surface area contributed by atoms with Crippen LogP contribution in [0.2, 0.25) is 0 Å². The number of hydrogen-bond acceptors (Lipinski definition) is 5. The number of carbonyl (C=O) groups excluding carboxylic acids is 1. The number of halogens is 1. The zero-order chi connectivity index (χ0) is 16.4. The average Bonchev–Trinajstić information content (AvgIpc) is 2.95. The van der Waals surface area contributed by atoms with Crippen molar-refractivity contribution in [3.05, 3.63) is 47.4 Å². The molecule has 0 bridgehead atoms. The summed E-state index contributed by atoms with van der Waals surface area (Å²) in [6, 6.07) is 4.41. The van der Waals surface area contributed by atoms with Crippen molar-refractivity contribution in [2.45, 2.75) is 26.4 Å². The van der Waals surface area contributed by atoms with E-state index in [9.17, 15) is 9.18 Å². The molecule has 1 amide bonds. The number of amides is 1. The van der Waals surface area contributed by atoms with E-state index in [4.69, 9.17) is 4.74 Å². The molecular formula is C16H17FN4O2. The van der Waals surface area contributed by atoms with Crippen LogP contribution in [0.3, 0.4) is 0 Å². The predicted octanol–water partition coefficient (Wildman–Crippen LogP) is 1.92. The smallest absolute Gasteiger partial charge is 0.257 e. The van der Waals surface area contributed by atoms with Crippen LogP contribution < -0.4 is 4.74 Å². The molecule has 0 radical (unpaired) electrons. The number of pyridine rings is 1. The summed E-state index contributed by atoms with van der Waals surface area (Å²) in [5.41, 5.74) is 1.87. The minimum Gasteiger partial charge on any atom is -0.472 e. The lowest BCUT2D eigenvalue weighted by molar-refractivity contribution is 0.0768. The largest absolute Gasteiger partial charge is 0.472 e. The third-order valence-corrected chi connectivity index (χ3v) is 3.85. The summed E-state index contributed by atoms with van der Waals surface area (Å²) in [6.45, 7) is 4.60. The Labute approximate surface area is 133 Å². The number of rotatable bonds is 3. The number of nitrogens with zero attached hydrogens (tertiary/aromatic N) is 4. The molecule has 2 aromatic heterocycles. The van der Waals surface area contributed by atoms with Crippen molar-refractivity contribution in [2.75, 3.05) is 13.1 Å². The van der Waals surface area contributed by atoms with Gasteiger partial charge in [-0.1, -0.05) is 6.07 Å². The Kier molecular flexibility index (Phi) is 4.18. The zero-order valence-corrected chi connectivity index (χ0v) is 13.0. The summed E-state index contributed by atoms with van der Waals surface area (Å²) in [4.78, 5) is 26.2. The van der Waals surface area contributed by atoms with Gasteiger partial charge < -0.3 is 9.64 Å². The highest BCUT2D eigenvalue weighted by Gasteiger charge is 2.30. The van der Waals surface area contributed by atoms with Crippen molar-refractivity contribution in [1.82, 2.24) is 19.9 Å². The highest BCUT2D eigenvalue weighted by atomic mass is 19.1. The van der Waals surface area contributed by atoms with Crippen molar-refractivity contribution < 1.29 is 13.9 Å². The Morgan fingerprint density at radius 2 is 2.04 bits per heavy atom. The summed E-state index contributed by atoms with van der Waals surface area (Å²) >= 11 is 0. The lowest BCUT2D eigenvalue weighted by Crippen LogP contribution is -2.32. The molecule has 7 heteroatoms. The average molecular weight is 316 g/mol. The molecule has 2 aromatic rings. The lowest BCUT2D eigenvalue weighted by Gasteiger charge is -2.18. The van der Waals surface area contributed by atoms with E-state index in [0.29, 0.717) is 36.5 Å². The Balaban J connectivity index is 1.69. The number of ether oxygens (including phenoxy) is 1. The first-order valence-electron chi connectivity index (χ1n) is 7.41. The van der Waals surface area contributed by atoms with Crippen LogP contribution in [0.1, 0.15) is 28.2 Å².